The molecule has 1 heterocycles. The number of likely N-dealkylation sites (N-methyl/N-ethyl adjacent to an activating group) is 1. The van der Waals surface area contributed by atoms with Crippen LogP contribution in [0.4, 0.5) is 8.78 Å². The first-order valence-electron chi connectivity index (χ1n) is 7.24. The maximum atomic E-state index is 13.2. The molecule has 5 nitrogen and oxygen atoms in total. The molecule has 1 aromatic carbocycles. The SMILES string of the molecule is CCNC(=O)CN1CCN(C(=O)c2cc(F)cc(F)c2)CC1. The van der Waals surface area contributed by atoms with Crippen LogP contribution >= 0.6 is 0 Å². The van der Waals surface area contributed by atoms with E-state index in [1.165, 1.54) is 0 Å². The van der Waals surface area contributed by atoms with E-state index < -0.39 is 17.5 Å². The fourth-order valence-electron chi connectivity index (χ4n) is 2.43. The average Bonchev–Trinajstić information content (AvgIpc) is 2.46. The monoisotopic (exact) mass is 311 g/mol. The van der Waals surface area contributed by atoms with Crippen LogP contribution in [-0.2, 0) is 4.79 Å². The summed E-state index contributed by atoms with van der Waals surface area (Å²) in [6.45, 7) is 4.70. The second kappa shape index (κ2) is 7.31. The minimum Gasteiger partial charge on any atom is -0.355 e. The van der Waals surface area contributed by atoms with Crippen LogP contribution in [-0.4, -0.2) is 60.9 Å². The Bertz CT molecular complexity index is 537. The predicted molar refractivity (Wildman–Crippen MR) is 77.4 cm³/mol. The van der Waals surface area contributed by atoms with Gasteiger partial charge < -0.3 is 10.2 Å². The number of piperazine rings is 1. The fraction of sp³-hybridized carbons (Fsp3) is 0.467. The summed E-state index contributed by atoms with van der Waals surface area (Å²) in [6, 6.07) is 2.81. The van der Waals surface area contributed by atoms with Crippen molar-refractivity contribution in [1.29, 1.82) is 0 Å². The maximum Gasteiger partial charge on any atom is 0.254 e. The van der Waals surface area contributed by atoms with Gasteiger partial charge in [0.05, 0.1) is 6.54 Å². The highest BCUT2D eigenvalue weighted by atomic mass is 19.1. The lowest BCUT2D eigenvalue weighted by atomic mass is 10.1. The van der Waals surface area contributed by atoms with Gasteiger partial charge in [0.1, 0.15) is 11.6 Å². The molecule has 0 aromatic heterocycles. The lowest BCUT2D eigenvalue weighted by Crippen LogP contribution is -2.51. The highest BCUT2D eigenvalue weighted by Gasteiger charge is 2.23. The molecule has 0 unspecified atom stereocenters. The summed E-state index contributed by atoms with van der Waals surface area (Å²) >= 11 is 0. The second-order valence-electron chi connectivity index (χ2n) is 5.18. The van der Waals surface area contributed by atoms with Crippen molar-refractivity contribution in [2.45, 2.75) is 6.92 Å². The van der Waals surface area contributed by atoms with Crippen molar-refractivity contribution in [1.82, 2.24) is 15.1 Å². The zero-order valence-corrected chi connectivity index (χ0v) is 12.4. The van der Waals surface area contributed by atoms with Gasteiger partial charge in [0.25, 0.3) is 5.91 Å². The molecule has 0 bridgehead atoms. The van der Waals surface area contributed by atoms with Crippen LogP contribution in [0.2, 0.25) is 0 Å². The van der Waals surface area contributed by atoms with Gasteiger partial charge in [-0.2, -0.15) is 0 Å². The third-order valence-corrected chi connectivity index (χ3v) is 3.51. The Kier molecular flexibility index (Phi) is 5.43. The predicted octanol–water partition coefficient (Wildman–Crippen LogP) is 0.859. The summed E-state index contributed by atoms with van der Waals surface area (Å²) in [6.07, 6.45) is 0. The van der Waals surface area contributed by atoms with E-state index in [1.54, 1.807) is 4.90 Å². The van der Waals surface area contributed by atoms with Crippen molar-refractivity contribution in [2.24, 2.45) is 0 Å². The number of halogens is 2. The molecule has 1 aliphatic heterocycles. The molecule has 0 atom stereocenters. The highest BCUT2D eigenvalue weighted by Crippen LogP contribution is 2.12. The van der Waals surface area contributed by atoms with Gasteiger partial charge in [0, 0.05) is 44.4 Å². The van der Waals surface area contributed by atoms with Crippen LogP contribution in [0, 0.1) is 11.6 Å². The molecule has 2 rings (SSSR count). The molecule has 7 heteroatoms. The first-order valence-corrected chi connectivity index (χ1v) is 7.24. The Morgan fingerprint density at radius 2 is 1.68 bits per heavy atom. The van der Waals surface area contributed by atoms with Crippen molar-refractivity contribution in [3.8, 4) is 0 Å². The van der Waals surface area contributed by atoms with E-state index in [1.807, 2.05) is 11.8 Å². The summed E-state index contributed by atoms with van der Waals surface area (Å²) in [5.41, 5.74) is 0.00896. The number of benzene rings is 1. The molecule has 1 fully saturated rings. The van der Waals surface area contributed by atoms with Gasteiger partial charge in [-0.3, -0.25) is 14.5 Å². The lowest BCUT2D eigenvalue weighted by Gasteiger charge is -2.34. The first kappa shape index (κ1) is 16.4. The summed E-state index contributed by atoms with van der Waals surface area (Å²) in [7, 11) is 0. The van der Waals surface area contributed by atoms with Crippen molar-refractivity contribution < 1.29 is 18.4 Å². The molecule has 120 valence electrons. The van der Waals surface area contributed by atoms with Gasteiger partial charge in [0.2, 0.25) is 5.91 Å². The smallest absolute Gasteiger partial charge is 0.254 e. The standard InChI is InChI=1S/C15H19F2N3O2/c1-2-18-14(21)10-19-3-5-20(6-4-19)15(22)11-7-12(16)9-13(17)8-11/h7-9H,2-6,10H2,1H3,(H,18,21). The number of nitrogens with one attached hydrogen (secondary N) is 1. The van der Waals surface area contributed by atoms with Gasteiger partial charge >= 0.3 is 0 Å². The van der Waals surface area contributed by atoms with Gasteiger partial charge in [-0.15, -0.1) is 0 Å². The van der Waals surface area contributed by atoms with Crippen LogP contribution in [0.1, 0.15) is 17.3 Å². The minimum absolute atomic E-state index is 0.00896. The van der Waals surface area contributed by atoms with Gasteiger partial charge in [0.15, 0.2) is 0 Å². The molecule has 1 saturated heterocycles. The molecule has 0 spiro atoms. The number of hydrogen-bond acceptors (Lipinski definition) is 3. The van der Waals surface area contributed by atoms with E-state index >= 15 is 0 Å². The third kappa shape index (κ3) is 4.24. The molecule has 1 N–H and O–H groups in total. The molecule has 1 aliphatic rings. The molecule has 1 aromatic rings. The van der Waals surface area contributed by atoms with Crippen LogP contribution in [0.15, 0.2) is 18.2 Å². The van der Waals surface area contributed by atoms with E-state index in [0.717, 1.165) is 18.2 Å². The summed E-state index contributed by atoms with van der Waals surface area (Å²) in [5, 5.41) is 2.72. The molecular weight excluding hydrogens is 292 g/mol. The van der Waals surface area contributed by atoms with E-state index in [-0.39, 0.29) is 11.5 Å². The van der Waals surface area contributed by atoms with Crippen molar-refractivity contribution in [3.05, 3.63) is 35.4 Å². The number of nitrogens with zero attached hydrogens (tertiary/aromatic N) is 2. The summed E-state index contributed by atoms with van der Waals surface area (Å²) in [5.74, 6) is -1.97. The Balaban J connectivity index is 1.91. The number of hydrogen-bond donors (Lipinski definition) is 1. The Labute approximate surface area is 127 Å². The van der Waals surface area contributed by atoms with Crippen LogP contribution < -0.4 is 5.32 Å². The van der Waals surface area contributed by atoms with E-state index in [4.69, 9.17) is 0 Å². The zero-order valence-electron chi connectivity index (χ0n) is 12.4. The number of carbonyl (C=O) groups excluding carboxylic acids is 2. The quantitative estimate of drug-likeness (QED) is 0.897. The zero-order chi connectivity index (χ0) is 16.1. The molecular formula is C15H19F2N3O2. The molecule has 0 saturated carbocycles. The van der Waals surface area contributed by atoms with Crippen molar-refractivity contribution in [3.63, 3.8) is 0 Å². The average molecular weight is 311 g/mol. The minimum atomic E-state index is -0.766. The van der Waals surface area contributed by atoms with Gasteiger partial charge in [-0.05, 0) is 19.1 Å². The van der Waals surface area contributed by atoms with Crippen LogP contribution in [0.25, 0.3) is 0 Å². The molecule has 0 radical (unpaired) electrons. The van der Waals surface area contributed by atoms with Crippen LogP contribution in [0.5, 0.6) is 0 Å². The fourth-order valence-corrected chi connectivity index (χ4v) is 2.43. The Hall–Kier alpha value is -2.02. The lowest BCUT2D eigenvalue weighted by molar-refractivity contribution is -0.122. The third-order valence-electron chi connectivity index (χ3n) is 3.51. The molecule has 0 aliphatic carbocycles. The highest BCUT2D eigenvalue weighted by molar-refractivity contribution is 5.94. The van der Waals surface area contributed by atoms with Crippen molar-refractivity contribution in [2.75, 3.05) is 39.3 Å². The second-order valence-corrected chi connectivity index (χ2v) is 5.18. The number of amides is 2. The molecule has 22 heavy (non-hydrogen) atoms. The van der Waals surface area contributed by atoms with E-state index in [0.29, 0.717) is 39.3 Å². The summed E-state index contributed by atoms with van der Waals surface area (Å²) in [4.78, 5) is 27.2. The Morgan fingerprint density at radius 3 is 2.23 bits per heavy atom. The summed E-state index contributed by atoms with van der Waals surface area (Å²) < 4.78 is 26.3. The number of carbonyl (C=O) groups is 2. The Morgan fingerprint density at radius 1 is 1.09 bits per heavy atom. The van der Waals surface area contributed by atoms with Crippen LogP contribution in [0.3, 0.4) is 0 Å². The normalized spacial score (nSPS) is 15.7. The van der Waals surface area contributed by atoms with Gasteiger partial charge in [-0.1, -0.05) is 0 Å². The van der Waals surface area contributed by atoms with Crippen molar-refractivity contribution >= 4 is 11.8 Å². The largest absolute Gasteiger partial charge is 0.355 e. The van der Waals surface area contributed by atoms with E-state index in [2.05, 4.69) is 5.32 Å². The number of rotatable bonds is 4. The first-order chi connectivity index (χ1) is 10.5. The van der Waals surface area contributed by atoms with E-state index in [9.17, 15) is 18.4 Å². The van der Waals surface area contributed by atoms with Gasteiger partial charge in [-0.25, -0.2) is 8.78 Å². The maximum absolute atomic E-state index is 13.2. The topological polar surface area (TPSA) is 52.7 Å². The molecule has 2 amide bonds.